The molecule has 21 heavy (non-hydrogen) atoms. The lowest BCUT2D eigenvalue weighted by Crippen LogP contribution is -2.25. The van der Waals surface area contributed by atoms with Crippen LogP contribution in [0.4, 0.5) is 13.2 Å². The third kappa shape index (κ3) is 4.25. The quantitative estimate of drug-likeness (QED) is 0.786. The number of rotatable bonds is 6. The zero-order valence-electron chi connectivity index (χ0n) is 11.6. The van der Waals surface area contributed by atoms with Crippen LogP contribution in [0.25, 0.3) is 0 Å². The van der Waals surface area contributed by atoms with Gasteiger partial charge in [-0.3, -0.25) is 0 Å². The van der Waals surface area contributed by atoms with E-state index in [1.165, 1.54) is 42.1 Å². The zero-order valence-corrected chi connectivity index (χ0v) is 12.4. The summed E-state index contributed by atoms with van der Waals surface area (Å²) in [5.41, 5.74) is 0.0308. The molecular formula is C16H16F3NS. The third-order valence-electron chi connectivity index (χ3n) is 3.01. The molecule has 0 saturated carbocycles. The van der Waals surface area contributed by atoms with Crippen molar-refractivity contribution >= 4 is 11.8 Å². The first-order valence-corrected chi connectivity index (χ1v) is 7.66. The van der Waals surface area contributed by atoms with E-state index in [0.29, 0.717) is 12.3 Å². The molecule has 1 nitrogen and oxygen atoms in total. The van der Waals surface area contributed by atoms with Crippen molar-refractivity contribution in [3.8, 4) is 0 Å². The Kier molecular flexibility index (Phi) is 5.70. The molecular weight excluding hydrogens is 295 g/mol. The molecule has 5 heteroatoms. The van der Waals surface area contributed by atoms with Gasteiger partial charge in [0.1, 0.15) is 17.5 Å². The first-order valence-electron chi connectivity index (χ1n) is 6.67. The first-order chi connectivity index (χ1) is 10.1. The summed E-state index contributed by atoms with van der Waals surface area (Å²) >= 11 is 1.36. The number of hydrogen-bond acceptors (Lipinski definition) is 2. The molecule has 0 aliphatic heterocycles. The van der Waals surface area contributed by atoms with Crippen molar-refractivity contribution in [1.29, 1.82) is 0 Å². The van der Waals surface area contributed by atoms with E-state index in [1.54, 1.807) is 12.1 Å². The molecule has 112 valence electrons. The van der Waals surface area contributed by atoms with Gasteiger partial charge in [-0.25, -0.2) is 13.2 Å². The summed E-state index contributed by atoms with van der Waals surface area (Å²) in [6.07, 6.45) is 0. The molecule has 1 atom stereocenters. The maximum Gasteiger partial charge on any atom is 0.130 e. The van der Waals surface area contributed by atoms with Crippen molar-refractivity contribution in [2.24, 2.45) is 0 Å². The third-order valence-corrected chi connectivity index (χ3v) is 4.10. The van der Waals surface area contributed by atoms with Gasteiger partial charge in [-0.05, 0) is 36.9 Å². The van der Waals surface area contributed by atoms with Crippen LogP contribution >= 0.6 is 11.8 Å². The first kappa shape index (κ1) is 15.9. The Morgan fingerprint density at radius 2 is 1.71 bits per heavy atom. The predicted molar refractivity (Wildman–Crippen MR) is 79.9 cm³/mol. The van der Waals surface area contributed by atoms with Gasteiger partial charge in [0.15, 0.2) is 0 Å². The Balaban J connectivity index is 2.16. The maximum absolute atomic E-state index is 13.9. The van der Waals surface area contributed by atoms with Gasteiger partial charge in [-0.2, -0.15) is 0 Å². The molecule has 0 radical (unpaired) electrons. The number of hydrogen-bond donors (Lipinski definition) is 1. The summed E-state index contributed by atoms with van der Waals surface area (Å²) in [6.45, 7) is 2.46. The lowest BCUT2D eigenvalue weighted by atomic mass is 10.1. The van der Waals surface area contributed by atoms with Crippen molar-refractivity contribution in [1.82, 2.24) is 5.32 Å². The molecule has 0 saturated heterocycles. The van der Waals surface area contributed by atoms with E-state index < -0.39 is 17.7 Å². The van der Waals surface area contributed by atoms with Crippen LogP contribution in [-0.4, -0.2) is 12.3 Å². The van der Waals surface area contributed by atoms with Crippen LogP contribution < -0.4 is 5.32 Å². The summed E-state index contributed by atoms with van der Waals surface area (Å²) in [6, 6.07) is 9.53. The molecule has 0 aromatic heterocycles. The van der Waals surface area contributed by atoms with Gasteiger partial charge in [-0.1, -0.05) is 19.1 Å². The van der Waals surface area contributed by atoms with Gasteiger partial charge in [0.2, 0.25) is 0 Å². The minimum atomic E-state index is -0.569. The second kappa shape index (κ2) is 7.52. The predicted octanol–water partition coefficient (Wildman–Crippen LogP) is 4.55. The van der Waals surface area contributed by atoms with Crippen molar-refractivity contribution in [3.63, 3.8) is 0 Å². The normalized spacial score (nSPS) is 12.4. The average Bonchev–Trinajstić information content (AvgIpc) is 2.44. The SMILES string of the molecule is CCNC(CSc1cccc(F)c1)c1c(F)cccc1F. The molecule has 0 aliphatic rings. The molecule has 2 rings (SSSR count). The number of thioether (sulfide) groups is 1. The van der Waals surface area contributed by atoms with E-state index in [4.69, 9.17) is 0 Å². The average molecular weight is 311 g/mol. The van der Waals surface area contributed by atoms with Gasteiger partial charge in [0, 0.05) is 22.3 Å². The molecule has 1 unspecified atom stereocenters. The lowest BCUT2D eigenvalue weighted by molar-refractivity contribution is 0.499. The van der Waals surface area contributed by atoms with Crippen molar-refractivity contribution < 1.29 is 13.2 Å². The summed E-state index contributed by atoms with van der Waals surface area (Å²) in [5, 5.41) is 3.07. The Bertz CT molecular complexity index is 584. The Morgan fingerprint density at radius 1 is 1.05 bits per heavy atom. The van der Waals surface area contributed by atoms with E-state index in [9.17, 15) is 13.2 Å². The van der Waals surface area contributed by atoms with E-state index >= 15 is 0 Å². The monoisotopic (exact) mass is 311 g/mol. The van der Waals surface area contributed by atoms with Crippen molar-refractivity contribution in [2.45, 2.75) is 17.9 Å². The summed E-state index contributed by atoms with van der Waals surface area (Å²) in [5.74, 6) is -1.05. The standard InChI is InChI=1S/C16H16F3NS/c1-2-20-15(16-13(18)7-4-8-14(16)19)10-21-12-6-3-5-11(17)9-12/h3-9,15,20H,2,10H2,1H3. The van der Waals surface area contributed by atoms with Gasteiger partial charge in [-0.15, -0.1) is 11.8 Å². The highest BCUT2D eigenvalue weighted by atomic mass is 32.2. The molecule has 0 heterocycles. The van der Waals surface area contributed by atoms with E-state index in [0.717, 1.165) is 4.90 Å². The molecule has 2 aromatic carbocycles. The Hall–Kier alpha value is -1.46. The van der Waals surface area contributed by atoms with E-state index in [2.05, 4.69) is 5.32 Å². The van der Waals surface area contributed by atoms with Crippen molar-refractivity contribution in [3.05, 3.63) is 65.5 Å². The van der Waals surface area contributed by atoms with Gasteiger partial charge in [0.05, 0.1) is 0 Å². The fourth-order valence-corrected chi connectivity index (χ4v) is 3.09. The van der Waals surface area contributed by atoms with Crippen LogP contribution in [0.3, 0.4) is 0 Å². The zero-order chi connectivity index (χ0) is 15.2. The van der Waals surface area contributed by atoms with E-state index in [1.807, 2.05) is 6.92 Å². The van der Waals surface area contributed by atoms with Gasteiger partial charge < -0.3 is 5.32 Å². The molecule has 2 aromatic rings. The molecule has 0 aliphatic carbocycles. The summed E-state index contributed by atoms with van der Waals surface area (Å²) in [7, 11) is 0. The fraction of sp³-hybridized carbons (Fsp3) is 0.250. The van der Waals surface area contributed by atoms with Crippen LogP contribution in [0.15, 0.2) is 47.4 Å². The summed E-state index contributed by atoms with van der Waals surface area (Å²) < 4.78 is 40.9. The highest BCUT2D eigenvalue weighted by Crippen LogP contribution is 2.28. The van der Waals surface area contributed by atoms with Gasteiger partial charge >= 0.3 is 0 Å². The highest BCUT2D eigenvalue weighted by molar-refractivity contribution is 7.99. The second-order valence-electron chi connectivity index (χ2n) is 4.51. The fourth-order valence-electron chi connectivity index (χ4n) is 2.07. The number of nitrogens with one attached hydrogen (secondary N) is 1. The summed E-state index contributed by atoms with van der Waals surface area (Å²) in [4.78, 5) is 0.731. The maximum atomic E-state index is 13.9. The van der Waals surface area contributed by atoms with Crippen molar-refractivity contribution in [2.75, 3.05) is 12.3 Å². The van der Waals surface area contributed by atoms with Crippen LogP contribution in [0.1, 0.15) is 18.5 Å². The molecule has 0 amide bonds. The minimum absolute atomic E-state index is 0.0308. The number of benzene rings is 2. The van der Waals surface area contributed by atoms with Crippen LogP contribution in [0.5, 0.6) is 0 Å². The Labute approximate surface area is 126 Å². The molecule has 0 spiro atoms. The number of halogens is 3. The van der Waals surface area contributed by atoms with Crippen LogP contribution in [0.2, 0.25) is 0 Å². The topological polar surface area (TPSA) is 12.0 Å². The minimum Gasteiger partial charge on any atom is -0.309 e. The molecule has 1 N–H and O–H groups in total. The van der Waals surface area contributed by atoms with E-state index in [-0.39, 0.29) is 11.4 Å². The van der Waals surface area contributed by atoms with Crippen LogP contribution in [-0.2, 0) is 0 Å². The molecule has 0 fully saturated rings. The lowest BCUT2D eigenvalue weighted by Gasteiger charge is -2.19. The second-order valence-corrected chi connectivity index (χ2v) is 5.61. The molecule has 0 bridgehead atoms. The smallest absolute Gasteiger partial charge is 0.130 e. The largest absolute Gasteiger partial charge is 0.309 e. The highest BCUT2D eigenvalue weighted by Gasteiger charge is 2.19. The van der Waals surface area contributed by atoms with Gasteiger partial charge in [0.25, 0.3) is 0 Å². The van der Waals surface area contributed by atoms with Crippen LogP contribution in [0, 0.1) is 17.5 Å². The Morgan fingerprint density at radius 3 is 2.33 bits per heavy atom.